The predicted molar refractivity (Wildman–Crippen MR) is 74.7 cm³/mol. The summed E-state index contributed by atoms with van der Waals surface area (Å²) < 4.78 is 21.4. The van der Waals surface area contributed by atoms with Crippen LogP contribution >= 0.6 is 0 Å². The Morgan fingerprint density at radius 2 is 1.68 bits per heavy atom. The molecule has 0 aromatic heterocycles. The molecule has 0 unspecified atom stereocenters. The normalized spacial score (nSPS) is 9.89. The van der Waals surface area contributed by atoms with Crippen molar-refractivity contribution in [1.29, 1.82) is 0 Å². The van der Waals surface area contributed by atoms with Crippen molar-refractivity contribution < 1.29 is 18.9 Å². The fourth-order valence-electron chi connectivity index (χ4n) is 1.63. The van der Waals surface area contributed by atoms with Crippen LogP contribution in [0.15, 0.2) is 24.3 Å². The summed E-state index contributed by atoms with van der Waals surface area (Å²) in [5.74, 6) is 2.32. The molecule has 0 bridgehead atoms. The minimum atomic E-state index is 0.430. The van der Waals surface area contributed by atoms with E-state index in [1.54, 1.807) is 33.5 Å². The molecule has 0 atom stereocenters. The van der Waals surface area contributed by atoms with Crippen LogP contribution in [0.1, 0.15) is 0 Å². The van der Waals surface area contributed by atoms with Gasteiger partial charge in [0.2, 0.25) is 5.75 Å². The van der Waals surface area contributed by atoms with E-state index in [4.69, 9.17) is 18.9 Å². The highest BCUT2D eigenvalue weighted by atomic mass is 16.5. The minimum Gasteiger partial charge on any atom is -0.493 e. The van der Waals surface area contributed by atoms with Gasteiger partial charge in [0.25, 0.3) is 0 Å². The number of likely N-dealkylation sites (N-methyl/N-ethyl adjacent to an activating group) is 1. The van der Waals surface area contributed by atoms with E-state index in [1.165, 1.54) is 0 Å². The van der Waals surface area contributed by atoms with Crippen LogP contribution < -0.4 is 24.3 Å². The highest BCUT2D eigenvalue weighted by molar-refractivity contribution is 5.55. The lowest BCUT2D eigenvalue weighted by atomic mass is 10.2. The largest absolute Gasteiger partial charge is 0.493 e. The van der Waals surface area contributed by atoms with Crippen LogP contribution in [-0.2, 0) is 0 Å². The van der Waals surface area contributed by atoms with Crippen LogP contribution in [0.3, 0.4) is 0 Å². The lowest BCUT2D eigenvalue weighted by molar-refractivity contribution is 0.311. The van der Waals surface area contributed by atoms with Crippen molar-refractivity contribution in [3.8, 4) is 23.0 Å². The van der Waals surface area contributed by atoms with Crippen LogP contribution in [0.4, 0.5) is 0 Å². The van der Waals surface area contributed by atoms with Gasteiger partial charge >= 0.3 is 0 Å². The third-order valence-electron chi connectivity index (χ3n) is 2.51. The molecule has 0 saturated heterocycles. The van der Waals surface area contributed by atoms with Gasteiger partial charge < -0.3 is 24.3 Å². The van der Waals surface area contributed by atoms with Crippen molar-refractivity contribution in [3.63, 3.8) is 0 Å². The molecule has 0 aliphatic heterocycles. The molecule has 106 valence electrons. The maximum absolute atomic E-state index is 5.65. The number of benzene rings is 1. The van der Waals surface area contributed by atoms with Gasteiger partial charge in [-0.05, 0) is 12.6 Å². The topological polar surface area (TPSA) is 49.0 Å². The van der Waals surface area contributed by atoms with Gasteiger partial charge in [0, 0.05) is 18.7 Å². The van der Waals surface area contributed by atoms with Gasteiger partial charge in [0.1, 0.15) is 12.4 Å². The summed E-state index contributed by atoms with van der Waals surface area (Å²) in [6.45, 7) is 5.05. The van der Waals surface area contributed by atoms with Crippen molar-refractivity contribution in [3.05, 3.63) is 24.3 Å². The van der Waals surface area contributed by atoms with E-state index in [9.17, 15) is 0 Å². The van der Waals surface area contributed by atoms with Crippen LogP contribution in [0.2, 0.25) is 0 Å². The molecule has 5 heteroatoms. The number of ether oxygens (including phenoxy) is 4. The molecule has 0 heterocycles. The fraction of sp³-hybridized carbons (Fsp3) is 0.429. The predicted octanol–water partition coefficient (Wildman–Crippen LogP) is 1.87. The minimum absolute atomic E-state index is 0.430. The van der Waals surface area contributed by atoms with E-state index >= 15 is 0 Å². The van der Waals surface area contributed by atoms with Gasteiger partial charge in [-0.3, -0.25) is 0 Å². The third-order valence-corrected chi connectivity index (χ3v) is 2.51. The second kappa shape index (κ2) is 7.53. The Morgan fingerprint density at radius 1 is 1.11 bits per heavy atom. The molecule has 0 amide bonds. The standard InChI is InChI=1S/C14H21NO4/c1-10(8-15-2)9-19-11-6-12(16-3)14(18-5)13(7-11)17-4/h6-7,15H,1,8-9H2,2-5H3. The quantitative estimate of drug-likeness (QED) is 0.729. The fourth-order valence-corrected chi connectivity index (χ4v) is 1.63. The zero-order valence-electron chi connectivity index (χ0n) is 11.9. The van der Waals surface area contributed by atoms with Crippen molar-refractivity contribution in [2.24, 2.45) is 0 Å². The van der Waals surface area contributed by atoms with E-state index in [1.807, 2.05) is 7.05 Å². The highest BCUT2D eigenvalue weighted by Gasteiger charge is 2.13. The second-order valence-electron chi connectivity index (χ2n) is 3.93. The molecule has 1 aromatic rings. The summed E-state index contributed by atoms with van der Waals surface area (Å²) in [5, 5.41) is 3.02. The average molecular weight is 267 g/mol. The van der Waals surface area contributed by atoms with Gasteiger partial charge in [0.05, 0.1) is 21.3 Å². The molecular formula is C14H21NO4. The average Bonchev–Trinajstić information content (AvgIpc) is 2.44. The van der Waals surface area contributed by atoms with Crippen LogP contribution in [-0.4, -0.2) is 41.5 Å². The van der Waals surface area contributed by atoms with E-state index in [2.05, 4.69) is 11.9 Å². The molecular weight excluding hydrogens is 246 g/mol. The van der Waals surface area contributed by atoms with Gasteiger partial charge in [-0.15, -0.1) is 0 Å². The Morgan fingerprint density at radius 3 is 2.11 bits per heavy atom. The zero-order chi connectivity index (χ0) is 14.3. The Balaban J connectivity index is 2.87. The Labute approximate surface area is 114 Å². The molecule has 5 nitrogen and oxygen atoms in total. The van der Waals surface area contributed by atoms with Crippen LogP contribution in [0.5, 0.6) is 23.0 Å². The van der Waals surface area contributed by atoms with E-state index in [-0.39, 0.29) is 0 Å². The van der Waals surface area contributed by atoms with Crippen LogP contribution in [0, 0.1) is 0 Å². The lowest BCUT2D eigenvalue weighted by Gasteiger charge is -2.15. The Bertz CT molecular complexity index is 406. The number of hydrogen-bond acceptors (Lipinski definition) is 5. The van der Waals surface area contributed by atoms with E-state index < -0.39 is 0 Å². The number of rotatable bonds is 8. The summed E-state index contributed by atoms with van der Waals surface area (Å²) in [6, 6.07) is 3.52. The van der Waals surface area contributed by atoms with Gasteiger partial charge in [-0.2, -0.15) is 0 Å². The first kappa shape index (κ1) is 15.2. The molecule has 1 aromatic carbocycles. The van der Waals surface area contributed by atoms with Crippen molar-refractivity contribution in [2.45, 2.75) is 0 Å². The number of hydrogen-bond donors (Lipinski definition) is 1. The molecule has 19 heavy (non-hydrogen) atoms. The summed E-state index contributed by atoms with van der Waals surface area (Å²) in [5.41, 5.74) is 0.955. The first-order valence-electron chi connectivity index (χ1n) is 5.90. The molecule has 0 saturated carbocycles. The Hall–Kier alpha value is -1.88. The van der Waals surface area contributed by atoms with Crippen molar-refractivity contribution >= 4 is 0 Å². The van der Waals surface area contributed by atoms with Crippen molar-refractivity contribution in [2.75, 3.05) is 41.5 Å². The van der Waals surface area contributed by atoms with E-state index in [0.717, 1.165) is 5.57 Å². The SMILES string of the molecule is C=C(CNC)COc1cc(OC)c(OC)c(OC)c1. The first-order valence-corrected chi connectivity index (χ1v) is 5.90. The summed E-state index contributed by atoms with van der Waals surface area (Å²) in [6.07, 6.45) is 0. The molecule has 0 radical (unpaired) electrons. The zero-order valence-corrected chi connectivity index (χ0v) is 11.9. The monoisotopic (exact) mass is 267 g/mol. The van der Waals surface area contributed by atoms with Crippen LogP contribution in [0.25, 0.3) is 0 Å². The van der Waals surface area contributed by atoms with Crippen molar-refractivity contribution in [1.82, 2.24) is 5.32 Å². The summed E-state index contributed by atoms with van der Waals surface area (Å²) in [4.78, 5) is 0. The maximum Gasteiger partial charge on any atom is 0.203 e. The molecule has 1 N–H and O–H groups in total. The van der Waals surface area contributed by atoms with Gasteiger partial charge in [0.15, 0.2) is 11.5 Å². The molecule has 0 aliphatic rings. The molecule has 1 rings (SSSR count). The Kier molecular flexibility index (Phi) is 6.02. The molecule has 0 spiro atoms. The maximum atomic E-state index is 5.65. The van der Waals surface area contributed by atoms with E-state index in [0.29, 0.717) is 36.1 Å². The van der Waals surface area contributed by atoms with Gasteiger partial charge in [-0.25, -0.2) is 0 Å². The summed E-state index contributed by atoms with van der Waals surface area (Å²) >= 11 is 0. The first-order chi connectivity index (χ1) is 9.15. The highest BCUT2D eigenvalue weighted by Crippen LogP contribution is 2.40. The smallest absolute Gasteiger partial charge is 0.203 e. The van der Waals surface area contributed by atoms with Gasteiger partial charge in [-0.1, -0.05) is 6.58 Å². The number of nitrogens with one attached hydrogen (secondary N) is 1. The summed E-state index contributed by atoms with van der Waals surface area (Å²) in [7, 11) is 6.57. The molecule has 0 fully saturated rings. The third kappa shape index (κ3) is 4.06. The number of methoxy groups -OCH3 is 3. The molecule has 0 aliphatic carbocycles. The lowest BCUT2D eigenvalue weighted by Crippen LogP contribution is -2.14. The second-order valence-corrected chi connectivity index (χ2v) is 3.93.